The molecule has 0 radical (unpaired) electrons. The number of halogens is 3. The summed E-state index contributed by atoms with van der Waals surface area (Å²) in [5.74, 6) is 1.67. The Morgan fingerprint density at radius 2 is 1.86 bits per heavy atom. The predicted molar refractivity (Wildman–Crippen MR) is 120 cm³/mol. The molecule has 0 aromatic heterocycles. The molecule has 0 unspecified atom stereocenters. The Kier molecular flexibility index (Phi) is 8.67. The van der Waals surface area contributed by atoms with Crippen LogP contribution in [0.25, 0.3) is 0 Å². The fourth-order valence-electron chi connectivity index (χ4n) is 3.42. The zero-order chi connectivity index (χ0) is 20.6. The molecule has 7 heteroatoms. The first-order chi connectivity index (χ1) is 14.0. The van der Waals surface area contributed by atoms with Crippen molar-refractivity contribution in [3.63, 3.8) is 0 Å². The van der Waals surface area contributed by atoms with Gasteiger partial charge < -0.3 is 5.32 Å². The molecule has 1 aliphatic heterocycles. The van der Waals surface area contributed by atoms with Gasteiger partial charge in [0.2, 0.25) is 5.91 Å². The minimum Gasteiger partial charge on any atom is -0.355 e. The van der Waals surface area contributed by atoms with Crippen LogP contribution in [-0.2, 0) is 17.1 Å². The molecular weight excluding hydrogens is 430 g/mol. The molecule has 1 aliphatic rings. The Hall–Kier alpha value is -1.27. The summed E-state index contributed by atoms with van der Waals surface area (Å²) in [5.41, 5.74) is 1.77. The van der Waals surface area contributed by atoms with Crippen LogP contribution in [0.15, 0.2) is 42.5 Å². The Balaban J connectivity index is 1.33. The largest absolute Gasteiger partial charge is 0.355 e. The normalized spacial score (nSPS) is 15.4. The summed E-state index contributed by atoms with van der Waals surface area (Å²) < 4.78 is 14.0. The number of carbonyl (C=O) groups excluding carboxylic acids is 1. The van der Waals surface area contributed by atoms with Gasteiger partial charge in [0.25, 0.3) is 0 Å². The lowest BCUT2D eigenvalue weighted by molar-refractivity contribution is -0.126. The molecule has 0 atom stereocenters. The first kappa shape index (κ1) is 22.4. The van der Waals surface area contributed by atoms with Crippen LogP contribution in [0.1, 0.15) is 24.0 Å². The minimum absolute atomic E-state index is 0.0311. The van der Waals surface area contributed by atoms with Gasteiger partial charge in [0.05, 0.1) is 0 Å². The van der Waals surface area contributed by atoms with E-state index < -0.39 is 0 Å². The molecule has 0 spiro atoms. The lowest BCUT2D eigenvalue weighted by Gasteiger charge is -2.31. The molecule has 3 rings (SSSR count). The van der Waals surface area contributed by atoms with E-state index in [1.807, 2.05) is 24.3 Å². The monoisotopic (exact) mass is 454 g/mol. The molecule has 3 nitrogen and oxygen atoms in total. The van der Waals surface area contributed by atoms with Gasteiger partial charge in [-0.2, -0.15) is 11.8 Å². The lowest BCUT2D eigenvalue weighted by atomic mass is 9.95. The molecule has 2 aromatic carbocycles. The van der Waals surface area contributed by atoms with Gasteiger partial charge >= 0.3 is 0 Å². The van der Waals surface area contributed by atoms with Crippen LogP contribution in [-0.4, -0.2) is 36.2 Å². The van der Waals surface area contributed by atoms with Gasteiger partial charge in [-0.3, -0.25) is 9.69 Å². The van der Waals surface area contributed by atoms with E-state index in [0.717, 1.165) is 42.5 Å². The minimum atomic E-state index is -0.270. The molecule has 1 saturated heterocycles. The second-order valence-corrected chi connectivity index (χ2v) is 9.17. The number of hydrogen-bond acceptors (Lipinski definition) is 3. The van der Waals surface area contributed by atoms with Crippen molar-refractivity contribution in [2.45, 2.75) is 25.1 Å². The van der Waals surface area contributed by atoms with Crippen LogP contribution in [0.5, 0.6) is 0 Å². The number of piperidine rings is 1. The average molecular weight is 455 g/mol. The zero-order valence-corrected chi connectivity index (χ0v) is 18.5. The van der Waals surface area contributed by atoms with Crippen LogP contribution in [0.3, 0.4) is 0 Å². The highest BCUT2D eigenvalue weighted by Crippen LogP contribution is 2.24. The summed E-state index contributed by atoms with van der Waals surface area (Å²) >= 11 is 13.8. The van der Waals surface area contributed by atoms with Gasteiger partial charge in [0.15, 0.2) is 0 Å². The van der Waals surface area contributed by atoms with E-state index in [0.29, 0.717) is 23.7 Å². The van der Waals surface area contributed by atoms with E-state index in [9.17, 15) is 9.18 Å². The topological polar surface area (TPSA) is 32.3 Å². The van der Waals surface area contributed by atoms with Gasteiger partial charge in [-0.1, -0.05) is 41.4 Å². The second-order valence-electron chi connectivity index (χ2n) is 7.22. The molecular formula is C22H25Cl2FN2OS. The molecule has 1 amide bonds. The van der Waals surface area contributed by atoms with E-state index in [1.165, 1.54) is 11.6 Å². The molecule has 156 valence electrons. The summed E-state index contributed by atoms with van der Waals surface area (Å²) in [5, 5.41) is 4.25. The number of thioether (sulfide) groups is 1. The fourth-order valence-corrected chi connectivity index (χ4v) is 4.59. The number of amides is 1. The molecule has 0 bridgehead atoms. The maximum Gasteiger partial charge on any atom is 0.223 e. The van der Waals surface area contributed by atoms with E-state index in [1.54, 1.807) is 23.9 Å². The Morgan fingerprint density at radius 3 is 2.55 bits per heavy atom. The maximum absolute atomic E-state index is 14.0. The van der Waals surface area contributed by atoms with Crippen LogP contribution < -0.4 is 5.32 Å². The molecule has 1 fully saturated rings. The van der Waals surface area contributed by atoms with Crippen molar-refractivity contribution in [1.29, 1.82) is 0 Å². The highest BCUT2D eigenvalue weighted by Gasteiger charge is 2.25. The van der Waals surface area contributed by atoms with Crippen molar-refractivity contribution in [3.8, 4) is 0 Å². The third-order valence-electron chi connectivity index (χ3n) is 5.13. The first-order valence-electron chi connectivity index (χ1n) is 9.78. The van der Waals surface area contributed by atoms with E-state index in [4.69, 9.17) is 23.2 Å². The Labute approximate surface area is 185 Å². The van der Waals surface area contributed by atoms with Gasteiger partial charge in [-0.25, -0.2) is 4.39 Å². The van der Waals surface area contributed by atoms with Gasteiger partial charge in [0.1, 0.15) is 5.82 Å². The highest BCUT2D eigenvalue weighted by atomic mass is 35.5. The van der Waals surface area contributed by atoms with Gasteiger partial charge in [-0.05, 0) is 55.8 Å². The standard InChI is InChI=1S/C22H25Cl2FN2OS/c23-18-6-4-16(5-7-18)15-29-13-10-26-22(28)17-8-11-27(12-9-17)14-19-20(24)2-1-3-21(19)25/h1-7,17H,8-15H2,(H,26,28). The number of nitrogens with one attached hydrogen (secondary N) is 1. The molecule has 2 aromatic rings. The summed E-state index contributed by atoms with van der Waals surface area (Å²) in [6, 6.07) is 12.6. The lowest BCUT2D eigenvalue weighted by Crippen LogP contribution is -2.40. The van der Waals surface area contributed by atoms with E-state index in [-0.39, 0.29) is 17.6 Å². The number of hydrogen-bond donors (Lipinski definition) is 1. The Bertz CT molecular complexity index is 791. The van der Waals surface area contributed by atoms with E-state index in [2.05, 4.69) is 10.2 Å². The van der Waals surface area contributed by atoms with Crippen molar-refractivity contribution in [3.05, 3.63) is 69.5 Å². The number of nitrogens with zero attached hydrogens (tertiary/aromatic N) is 1. The maximum atomic E-state index is 14.0. The summed E-state index contributed by atoms with van der Waals surface area (Å²) in [7, 11) is 0. The smallest absolute Gasteiger partial charge is 0.223 e. The fraction of sp³-hybridized carbons (Fsp3) is 0.409. The third-order valence-corrected chi connectivity index (χ3v) is 6.77. The summed E-state index contributed by atoms with van der Waals surface area (Å²) in [6.45, 7) is 2.70. The second kappa shape index (κ2) is 11.2. The zero-order valence-electron chi connectivity index (χ0n) is 16.2. The molecule has 1 N–H and O–H groups in total. The van der Waals surface area contributed by atoms with Crippen LogP contribution >= 0.6 is 35.0 Å². The van der Waals surface area contributed by atoms with Crippen LogP contribution in [0, 0.1) is 11.7 Å². The highest BCUT2D eigenvalue weighted by molar-refractivity contribution is 7.98. The van der Waals surface area contributed by atoms with Gasteiger partial charge in [-0.15, -0.1) is 0 Å². The Morgan fingerprint density at radius 1 is 1.14 bits per heavy atom. The SMILES string of the molecule is O=C(NCCSCc1ccc(Cl)cc1)C1CCN(Cc2c(F)cccc2Cl)CC1. The number of rotatable bonds is 8. The molecule has 0 saturated carbocycles. The third kappa shape index (κ3) is 6.88. The van der Waals surface area contributed by atoms with Gasteiger partial charge in [0, 0.05) is 46.1 Å². The van der Waals surface area contributed by atoms with Crippen molar-refractivity contribution in [2.75, 3.05) is 25.4 Å². The first-order valence-corrected chi connectivity index (χ1v) is 11.7. The van der Waals surface area contributed by atoms with Crippen LogP contribution in [0.2, 0.25) is 10.0 Å². The van der Waals surface area contributed by atoms with Crippen molar-refractivity contribution in [2.24, 2.45) is 5.92 Å². The average Bonchev–Trinajstić information content (AvgIpc) is 2.72. The molecule has 29 heavy (non-hydrogen) atoms. The number of benzene rings is 2. The summed E-state index contributed by atoms with van der Waals surface area (Å²) in [6.07, 6.45) is 1.58. The van der Waals surface area contributed by atoms with Crippen molar-refractivity contribution >= 4 is 40.9 Å². The van der Waals surface area contributed by atoms with Crippen LogP contribution in [0.4, 0.5) is 4.39 Å². The molecule has 0 aliphatic carbocycles. The number of likely N-dealkylation sites (tertiary alicyclic amines) is 1. The quantitative estimate of drug-likeness (QED) is 0.542. The summed E-state index contributed by atoms with van der Waals surface area (Å²) in [4.78, 5) is 14.6. The van der Waals surface area contributed by atoms with E-state index >= 15 is 0 Å². The molecule has 1 heterocycles. The van der Waals surface area contributed by atoms with Crippen molar-refractivity contribution < 1.29 is 9.18 Å². The van der Waals surface area contributed by atoms with Crippen molar-refractivity contribution in [1.82, 2.24) is 10.2 Å². The number of carbonyl (C=O) groups is 1. The predicted octanol–water partition coefficient (Wildman–Crippen LogP) is 5.39.